The SMILES string of the molecule is CN=S(=O)(NC1CN(c2ccncn2)CC(N2c3ccccc3CCc3ccccc32)C1O)c1ccc(OC(F)(F)F)cc1. The second-order valence-electron chi connectivity index (χ2n) is 10.6. The zero-order valence-electron chi connectivity index (χ0n) is 23.8. The molecule has 0 spiro atoms. The first-order chi connectivity index (χ1) is 21.1. The van der Waals surface area contributed by atoms with Crippen LogP contribution in [0.3, 0.4) is 0 Å². The maximum Gasteiger partial charge on any atom is 0.573 e. The molecular formula is C31H31F3N6O3S. The number of hydrogen-bond donors (Lipinski definition) is 2. The van der Waals surface area contributed by atoms with Crippen LogP contribution < -0.4 is 19.3 Å². The zero-order chi connectivity index (χ0) is 30.9. The molecule has 230 valence electrons. The number of aromatic nitrogens is 2. The highest BCUT2D eigenvalue weighted by Gasteiger charge is 2.43. The van der Waals surface area contributed by atoms with E-state index in [9.17, 15) is 22.5 Å². The van der Waals surface area contributed by atoms with Crippen LogP contribution >= 0.6 is 0 Å². The number of anilines is 3. The summed E-state index contributed by atoms with van der Waals surface area (Å²) in [7, 11) is -2.02. The number of aliphatic hydroxyl groups is 1. The fourth-order valence-corrected chi connectivity index (χ4v) is 7.53. The summed E-state index contributed by atoms with van der Waals surface area (Å²) >= 11 is 0. The molecular weight excluding hydrogens is 593 g/mol. The summed E-state index contributed by atoms with van der Waals surface area (Å²) in [5.41, 5.74) is 4.25. The molecule has 0 bridgehead atoms. The Labute approximate surface area is 253 Å². The molecule has 6 rings (SSSR count). The van der Waals surface area contributed by atoms with E-state index in [0.29, 0.717) is 12.4 Å². The molecule has 2 aliphatic heterocycles. The summed E-state index contributed by atoms with van der Waals surface area (Å²) in [4.78, 5) is 12.8. The number of aryl methyl sites for hydroxylation is 2. The summed E-state index contributed by atoms with van der Waals surface area (Å²) in [5.74, 6) is 0.193. The fourth-order valence-electron chi connectivity index (χ4n) is 5.95. The molecule has 2 aliphatic rings. The summed E-state index contributed by atoms with van der Waals surface area (Å²) < 4.78 is 63.6. The van der Waals surface area contributed by atoms with Crippen molar-refractivity contribution in [2.75, 3.05) is 29.9 Å². The van der Waals surface area contributed by atoms with Gasteiger partial charge in [0.05, 0.1) is 23.1 Å². The van der Waals surface area contributed by atoms with E-state index < -0.39 is 40.2 Å². The highest BCUT2D eigenvalue weighted by atomic mass is 32.2. The normalized spacial score (nSPS) is 21.4. The number of nitrogens with one attached hydrogen (secondary N) is 1. The number of hydrogen-bond acceptors (Lipinski definition) is 8. The molecule has 3 aromatic carbocycles. The minimum absolute atomic E-state index is 0.155. The Morgan fingerprint density at radius 2 is 1.59 bits per heavy atom. The van der Waals surface area contributed by atoms with E-state index in [1.165, 1.54) is 25.5 Å². The Hall–Kier alpha value is -4.20. The van der Waals surface area contributed by atoms with E-state index >= 15 is 0 Å². The van der Waals surface area contributed by atoms with Crippen LogP contribution in [0.25, 0.3) is 0 Å². The molecule has 0 saturated carbocycles. The number of aliphatic hydroxyl groups excluding tert-OH is 1. The van der Waals surface area contributed by atoms with Gasteiger partial charge in [-0.1, -0.05) is 36.4 Å². The molecule has 4 atom stereocenters. The van der Waals surface area contributed by atoms with Gasteiger partial charge in [0.25, 0.3) is 0 Å². The van der Waals surface area contributed by atoms with Gasteiger partial charge in [0.15, 0.2) is 0 Å². The molecule has 2 N–H and O–H groups in total. The van der Waals surface area contributed by atoms with Crippen LogP contribution in [-0.4, -0.2) is 64.0 Å². The average molecular weight is 625 g/mol. The van der Waals surface area contributed by atoms with Gasteiger partial charge in [0.2, 0.25) is 0 Å². The molecule has 9 nitrogen and oxygen atoms in total. The van der Waals surface area contributed by atoms with E-state index in [0.717, 1.165) is 47.5 Å². The number of ether oxygens (including phenoxy) is 1. The van der Waals surface area contributed by atoms with Crippen molar-refractivity contribution in [2.45, 2.75) is 42.3 Å². The first-order valence-electron chi connectivity index (χ1n) is 14.1. The Bertz CT molecular complexity index is 1680. The molecule has 44 heavy (non-hydrogen) atoms. The van der Waals surface area contributed by atoms with Crippen molar-refractivity contribution < 1.29 is 27.2 Å². The van der Waals surface area contributed by atoms with E-state index in [-0.39, 0.29) is 11.4 Å². The van der Waals surface area contributed by atoms with Crippen LogP contribution in [0.4, 0.5) is 30.4 Å². The van der Waals surface area contributed by atoms with Crippen molar-refractivity contribution in [3.05, 3.63) is 103 Å². The molecule has 0 amide bonds. The van der Waals surface area contributed by atoms with Gasteiger partial charge in [0.1, 0.15) is 27.8 Å². The van der Waals surface area contributed by atoms with Crippen molar-refractivity contribution in [3.63, 3.8) is 0 Å². The highest BCUT2D eigenvalue weighted by molar-refractivity contribution is 7.91. The summed E-state index contributed by atoms with van der Waals surface area (Å²) in [6.45, 7) is 0.626. The van der Waals surface area contributed by atoms with Gasteiger partial charge in [-0.2, -0.15) is 0 Å². The molecule has 0 aliphatic carbocycles. The molecule has 4 aromatic rings. The van der Waals surface area contributed by atoms with Crippen molar-refractivity contribution in [1.29, 1.82) is 0 Å². The second kappa shape index (κ2) is 12.1. The average Bonchev–Trinajstić information content (AvgIpc) is 3.19. The van der Waals surface area contributed by atoms with Gasteiger partial charge in [-0.3, -0.25) is 0 Å². The minimum Gasteiger partial charge on any atom is -0.406 e. The van der Waals surface area contributed by atoms with E-state index in [1.807, 2.05) is 41.3 Å². The molecule has 1 fully saturated rings. The smallest absolute Gasteiger partial charge is 0.406 e. The number of alkyl halides is 3. The molecule has 13 heteroatoms. The van der Waals surface area contributed by atoms with Crippen molar-refractivity contribution in [2.24, 2.45) is 4.36 Å². The molecule has 4 unspecified atom stereocenters. The van der Waals surface area contributed by atoms with Crippen LogP contribution in [0, 0.1) is 0 Å². The van der Waals surface area contributed by atoms with Gasteiger partial charge in [-0.25, -0.2) is 23.3 Å². The first kappa shape index (κ1) is 29.9. The number of para-hydroxylation sites is 2. The van der Waals surface area contributed by atoms with Gasteiger partial charge in [0, 0.05) is 37.7 Å². The maximum atomic E-state index is 14.2. The van der Waals surface area contributed by atoms with Crippen molar-refractivity contribution >= 4 is 27.1 Å². The van der Waals surface area contributed by atoms with E-state index in [1.54, 1.807) is 12.3 Å². The summed E-state index contributed by atoms with van der Waals surface area (Å²) in [6.07, 6.45) is -1.14. The number of nitrogens with zero attached hydrogens (tertiary/aromatic N) is 5. The second-order valence-corrected chi connectivity index (χ2v) is 12.7. The molecule has 0 radical (unpaired) electrons. The fraction of sp³-hybridized carbons (Fsp3) is 0.290. The molecule has 3 heterocycles. The molecule has 1 saturated heterocycles. The van der Waals surface area contributed by atoms with Crippen LogP contribution in [0.15, 0.2) is 101 Å². The monoisotopic (exact) mass is 624 g/mol. The Morgan fingerprint density at radius 1 is 0.955 bits per heavy atom. The number of rotatable bonds is 6. The lowest BCUT2D eigenvalue weighted by atomic mass is 9.94. The Kier molecular flexibility index (Phi) is 8.18. The lowest BCUT2D eigenvalue weighted by Crippen LogP contribution is -2.65. The maximum absolute atomic E-state index is 14.2. The van der Waals surface area contributed by atoms with Gasteiger partial charge in [-0.15, -0.1) is 13.2 Å². The number of fused-ring (bicyclic) bond motifs is 2. The van der Waals surface area contributed by atoms with Gasteiger partial charge >= 0.3 is 6.36 Å². The first-order valence-corrected chi connectivity index (χ1v) is 15.6. The van der Waals surface area contributed by atoms with Crippen LogP contribution in [0.5, 0.6) is 5.75 Å². The lowest BCUT2D eigenvalue weighted by Gasteiger charge is -2.47. The Balaban J connectivity index is 1.40. The van der Waals surface area contributed by atoms with Crippen LogP contribution in [-0.2, 0) is 22.8 Å². The summed E-state index contributed by atoms with van der Waals surface area (Å²) in [6, 6.07) is 21.5. The third-order valence-corrected chi connectivity index (χ3v) is 10.0. The largest absolute Gasteiger partial charge is 0.573 e. The number of piperidine rings is 1. The third kappa shape index (κ3) is 6.07. The standard InChI is InChI=1S/C31H31F3N6O3S/c1-35-44(42,24-14-12-23(13-15-24)43-31(32,33)34)38-25-18-39(29-16-17-36-20-37-29)19-28(30(25)41)40-26-8-4-2-6-21(26)10-11-22-7-3-5-9-27(22)40/h2-9,12-17,20,25,28,30,41H,10-11,18-19H2,1H3,(H,35,38,42). The Morgan fingerprint density at radius 3 is 2.16 bits per heavy atom. The van der Waals surface area contributed by atoms with Gasteiger partial charge in [-0.05, 0) is 66.4 Å². The summed E-state index contributed by atoms with van der Waals surface area (Å²) in [5, 5.41) is 12.1. The van der Waals surface area contributed by atoms with E-state index in [4.69, 9.17) is 0 Å². The highest BCUT2D eigenvalue weighted by Crippen LogP contribution is 2.40. The van der Waals surface area contributed by atoms with Crippen molar-refractivity contribution in [1.82, 2.24) is 14.7 Å². The lowest BCUT2D eigenvalue weighted by molar-refractivity contribution is -0.274. The number of benzene rings is 3. The quantitative estimate of drug-likeness (QED) is 0.315. The number of halogens is 3. The van der Waals surface area contributed by atoms with Crippen LogP contribution in [0.1, 0.15) is 11.1 Å². The predicted molar refractivity (Wildman–Crippen MR) is 161 cm³/mol. The predicted octanol–water partition coefficient (Wildman–Crippen LogP) is 4.89. The zero-order valence-corrected chi connectivity index (χ0v) is 24.6. The topological polar surface area (TPSA) is 103 Å². The third-order valence-electron chi connectivity index (χ3n) is 7.96. The van der Waals surface area contributed by atoms with Gasteiger partial charge < -0.3 is 19.6 Å². The van der Waals surface area contributed by atoms with E-state index in [2.05, 4.69) is 40.8 Å². The molecule has 1 aromatic heterocycles. The van der Waals surface area contributed by atoms with Crippen LogP contribution in [0.2, 0.25) is 0 Å². The minimum atomic E-state index is -4.85. The van der Waals surface area contributed by atoms with Crippen molar-refractivity contribution in [3.8, 4) is 5.75 Å².